The molecule has 0 aliphatic heterocycles. The number of halogens is 1. The van der Waals surface area contributed by atoms with Gasteiger partial charge in [0.25, 0.3) is 0 Å². The van der Waals surface area contributed by atoms with Crippen molar-refractivity contribution >= 4 is 29.3 Å². The lowest BCUT2D eigenvalue weighted by molar-refractivity contribution is -0.118. The molecule has 94 valence electrons. The normalized spacial score (nSPS) is 10.3. The molecule has 0 saturated heterocycles. The van der Waals surface area contributed by atoms with Crippen molar-refractivity contribution in [3.63, 3.8) is 0 Å². The van der Waals surface area contributed by atoms with Crippen molar-refractivity contribution in [1.82, 2.24) is 20.5 Å². The summed E-state index contributed by atoms with van der Waals surface area (Å²) in [5.74, 6) is 0.242. The Morgan fingerprint density at radius 1 is 1.50 bits per heavy atom. The lowest BCUT2D eigenvalue weighted by Gasteiger charge is -2.04. The average Bonchev–Trinajstić information content (AvgIpc) is 2.87. The number of rotatable bonds is 5. The predicted octanol–water partition coefficient (Wildman–Crippen LogP) is 1.87. The molecule has 2 rings (SSSR count). The van der Waals surface area contributed by atoms with Gasteiger partial charge in [-0.25, -0.2) is 4.98 Å². The zero-order valence-electron chi connectivity index (χ0n) is 9.39. The van der Waals surface area contributed by atoms with Crippen LogP contribution < -0.4 is 5.32 Å². The molecule has 0 aliphatic rings. The number of nitrogens with one attached hydrogen (secondary N) is 2. The Balaban J connectivity index is 1.75. The Morgan fingerprint density at radius 2 is 2.39 bits per heavy atom. The molecule has 0 saturated carbocycles. The highest BCUT2D eigenvalue weighted by Crippen LogP contribution is 2.11. The molecule has 2 N–H and O–H groups in total. The molecular weight excluding hydrogens is 272 g/mol. The molecule has 0 unspecified atom stereocenters. The van der Waals surface area contributed by atoms with E-state index in [4.69, 9.17) is 11.6 Å². The van der Waals surface area contributed by atoms with Gasteiger partial charge in [0.15, 0.2) is 5.16 Å². The van der Waals surface area contributed by atoms with Gasteiger partial charge in [-0.3, -0.25) is 9.89 Å². The van der Waals surface area contributed by atoms with Crippen molar-refractivity contribution < 1.29 is 4.79 Å². The van der Waals surface area contributed by atoms with Gasteiger partial charge in [0, 0.05) is 11.6 Å². The first-order valence-electron chi connectivity index (χ1n) is 5.23. The summed E-state index contributed by atoms with van der Waals surface area (Å²) >= 11 is 7.16. The van der Waals surface area contributed by atoms with Crippen LogP contribution >= 0.6 is 23.4 Å². The minimum absolute atomic E-state index is 0.0589. The second-order valence-corrected chi connectivity index (χ2v) is 4.89. The zero-order valence-corrected chi connectivity index (χ0v) is 11.0. The number of amides is 1. The Bertz CT molecular complexity index is 518. The number of hydrogen-bond acceptors (Lipinski definition) is 4. The topological polar surface area (TPSA) is 70.7 Å². The summed E-state index contributed by atoms with van der Waals surface area (Å²) in [5.41, 5.74) is 0.973. The lowest BCUT2D eigenvalue weighted by atomic mass is 10.2. The molecule has 1 heterocycles. The van der Waals surface area contributed by atoms with Gasteiger partial charge < -0.3 is 5.32 Å². The summed E-state index contributed by atoms with van der Waals surface area (Å²) in [6, 6.07) is 7.39. The van der Waals surface area contributed by atoms with E-state index in [0.717, 1.165) is 5.56 Å². The summed E-state index contributed by atoms with van der Waals surface area (Å²) in [7, 11) is 0. The lowest BCUT2D eigenvalue weighted by Crippen LogP contribution is -2.24. The number of carbonyl (C=O) groups excluding carboxylic acids is 1. The third-order valence-corrected chi connectivity index (χ3v) is 3.22. The molecule has 0 fully saturated rings. The van der Waals surface area contributed by atoms with Crippen LogP contribution in [-0.4, -0.2) is 26.8 Å². The van der Waals surface area contributed by atoms with Crippen molar-refractivity contribution in [3.8, 4) is 0 Å². The summed E-state index contributed by atoms with van der Waals surface area (Å²) in [6.45, 7) is 0.469. The van der Waals surface area contributed by atoms with Gasteiger partial charge in [0.1, 0.15) is 6.33 Å². The van der Waals surface area contributed by atoms with Gasteiger partial charge >= 0.3 is 0 Å². The van der Waals surface area contributed by atoms with Crippen LogP contribution in [0.15, 0.2) is 35.7 Å². The molecule has 0 spiro atoms. The fourth-order valence-corrected chi connectivity index (χ4v) is 2.12. The molecule has 7 heteroatoms. The van der Waals surface area contributed by atoms with Crippen LogP contribution in [-0.2, 0) is 11.3 Å². The van der Waals surface area contributed by atoms with E-state index in [1.165, 1.54) is 18.1 Å². The van der Waals surface area contributed by atoms with Crippen molar-refractivity contribution in [2.75, 3.05) is 5.75 Å². The largest absolute Gasteiger partial charge is 0.351 e. The molecule has 1 aromatic heterocycles. The molecule has 0 bridgehead atoms. The van der Waals surface area contributed by atoms with Crippen molar-refractivity contribution in [1.29, 1.82) is 0 Å². The van der Waals surface area contributed by atoms with E-state index in [1.54, 1.807) is 6.07 Å². The van der Waals surface area contributed by atoms with Gasteiger partial charge in [0.05, 0.1) is 5.75 Å². The molecule has 18 heavy (non-hydrogen) atoms. The fourth-order valence-electron chi connectivity index (χ4n) is 1.30. The van der Waals surface area contributed by atoms with E-state index in [9.17, 15) is 4.79 Å². The minimum Gasteiger partial charge on any atom is -0.351 e. The second kappa shape index (κ2) is 6.42. The molecule has 0 atom stereocenters. The summed E-state index contributed by atoms with van der Waals surface area (Å²) < 4.78 is 0. The van der Waals surface area contributed by atoms with Crippen LogP contribution in [0, 0.1) is 0 Å². The van der Waals surface area contributed by atoms with Crippen molar-refractivity contribution in [3.05, 3.63) is 41.2 Å². The minimum atomic E-state index is -0.0589. The first kappa shape index (κ1) is 12.9. The van der Waals surface area contributed by atoms with E-state index in [1.807, 2.05) is 18.2 Å². The quantitative estimate of drug-likeness (QED) is 0.821. The fraction of sp³-hybridized carbons (Fsp3) is 0.182. The second-order valence-electron chi connectivity index (χ2n) is 3.49. The number of benzene rings is 1. The first-order chi connectivity index (χ1) is 8.74. The highest BCUT2D eigenvalue weighted by Gasteiger charge is 2.04. The Labute approximate surface area is 113 Å². The zero-order chi connectivity index (χ0) is 12.8. The molecular formula is C11H11ClN4OS. The maximum atomic E-state index is 11.6. The van der Waals surface area contributed by atoms with Gasteiger partial charge in [-0.05, 0) is 17.7 Å². The van der Waals surface area contributed by atoms with Crippen molar-refractivity contribution in [2.45, 2.75) is 11.7 Å². The summed E-state index contributed by atoms with van der Waals surface area (Å²) in [4.78, 5) is 15.5. The van der Waals surface area contributed by atoms with E-state index in [2.05, 4.69) is 20.5 Å². The Kier molecular flexibility index (Phi) is 4.60. The molecule has 0 radical (unpaired) electrons. The molecule has 5 nitrogen and oxygen atoms in total. The SMILES string of the molecule is O=C(CSc1ncn[nH]1)NCc1cccc(Cl)c1. The monoisotopic (exact) mass is 282 g/mol. The number of thioether (sulfide) groups is 1. The number of nitrogens with zero attached hydrogens (tertiary/aromatic N) is 2. The van der Waals surface area contributed by atoms with Crippen LogP contribution in [0.25, 0.3) is 0 Å². The van der Waals surface area contributed by atoms with Gasteiger partial charge in [-0.15, -0.1) is 0 Å². The van der Waals surface area contributed by atoms with Crippen LogP contribution in [0.3, 0.4) is 0 Å². The molecule has 1 aromatic carbocycles. The number of H-pyrrole nitrogens is 1. The number of hydrogen-bond donors (Lipinski definition) is 2. The van der Waals surface area contributed by atoms with E-state index in [0.29, 0.717) is 22.5 Å². The summed E-state index contributed by atoms with van der Waals surface area (Å²) in [5, 5.41) is 10.5. The molecule has 1 amide bonds. The van der Waals surface area contributed by atoms with Gasteiger partial charge in [-0.2, -0.15) is 5.10 Å². The van der Waals surface area contributed by atoms with Crippen LogP contribution in [0.5, 0.6) is 0 Å². The van der Waals surface area contributed by atoms with E-state index in [-0.39, 0.29) is 5.91 Å². The Hall–Kier alpha value is -1.53. The van der Waals surface area contributed by atoms with E-state index >= 15 is 0 Å². The maximum absolute atomic E-state index is 11.6. The van der Waals surface area contributed by atoms with Crippen LogP contribution in [0.2, 0.25) is 5.02 Å². The van der Waals surface area contributed by atoms with Crippen LogP contribution in [0.1, 0.15) is 5.56 Å². The first-order valence-corrected chi connectivity index (χ1v) is 6.60. The third-order valence-electron chi connectivity index (χ3n) is 2.11. The highest BCUT2D eigenvalue weighted by atomic mass is 35.5. The predicted molar refractivity (Wildman–Crippen MR) is 70.4 cm³/mol. The number of carbonyl (C=O) groups is 1. The summed E-state index contributed by atoms with van der Waals surface area (Å²) in [6.07, 6.45) is 1.41. The molecule has 2 aromatic rings. The van der Waals surface area contributed by atoms with Gasteiger partial charge in [-0.1, -0.05) is 35.5 Å². The van der Waals surface area contributed by atoms with E-state index < -0.39 is 0 Å². The number of aromatic amines is 1. The maximum Gasteiger partial charge on any atom is 0.230 e. The smallest absolute Gasteiger partial charge is 0.230 e. The average molecular weight is 283 g/mol. The third kappa shape index (κ3) is 4.05. The Morgan fingerprint density at radius 3 is 3.11 bits per heavy atom. The standard InChI is InChI=1S/C11H11ClN4OS/c12-9-3-1-2-8(4-9)5-13-10(17)6-18-11-14-7-15-16-11/h1-4,7H,5-6H2,(H,13,17)(H,14,15,16). The van der Waals surface area contributed by atoms with Crippen molar-refractivity contribution in [2.24, 2.45) is 0 Å². The highest BCUT2D eigenvalue weighted by molar-refractivity contribution is 7.99. The number of aromatic nitrogens is 3. The van der Waals surface area contributed by atoms with Gasteiger partial charge in [0.2, 0.25) is 5.91 Å². The molecule has 0 aliphatic carbocycles. The van der Waals surface area contributed by atoms with Crippen LogP contribution in [0.4, 0.5) is 0 Å².